The number of rotatable bonds is 5. The van der Waals surface area contributed by atoms with Gasteiger partial charge in [-0.15, -0.1) is 11.3 Å². The molecule has 1 fully saturated rings. The van der Waals surface area contributed by atoms with E-state index in [0.717, 1.165) is 34.2 Å². The van der Waals surface area contributed by atoms with Crippen LogP contribution in [-0.2, 0) is 4.79 Å². The summed E-state index contributed by atoms with van der Waals surface area (Å²) in [5, 5.41) is 19.2. The first-order chi connectivity index (χ1) is 11.6. The predicted molar refractivity (Wildman–Crippen MR) is 98.7 cm³/mol. The molecule has 8 heteroatoms. The normalized spacial score (nSPS) is 20.8. The molecular weight excluding hydrogens is 344 g/mol. The third-order valence-corrected chi connectivity index (χ3v) is 6.14. The van der Waals surface area contributed by atoms with E-state index in [1.165, 1.54) is 31.1 Å². The summed E-state index contributed by atoms with van der Waals surface area (Å²) in [5.74, 6) is 0.186. The minimum absolute atomic E-state index is 0.122. The number of hydrogen-bond donors (Lipinski definition) is 3. The van der Waals surface area contributed by atoms with Crippen molar-refractivity contribution in [2.45, 2.75) is 45.6 Å². The molecule has 2 heterocycles. The highest BCUT2D eigenvalue weighted by Crippen LogP contribution is 2.35. The number of hydrogen-bond acceptors (Lipinski definition) is 7. The average Bonchev–Trinajstić information content (AvgIpc) is 3.14. The lowest BCUT2D eigenvalue weighted by atomic mass is 9.85. The highest BCUT2D eigenvalue weighted by molar-refractivity contribution is 7.19. The van der Waals surface area contributed by atoms with Crippen LogP contribution in [0.4, 0.5) is 10.3 Å². The quantitative estimate of drug-likeness (QED) is 0.754. The van der Waals surface area contributed by atoms with Crippen LogP contribution in [0.3, 0.4) is 0 Å². The van der Waals surface area contributed by atoms with Crippen LogP contribution in [0.2, 0.25) is 0 Å². The van der Waals surface area contributed by atoms with E-state index in [1.807, 2.05) is 12.3 Å². The Labute approximate surface area is 149 Å². The summed E-state index contributed by atoms with van der Waals surface area (Å²) in [6, 6.07) is 0.292. The maximum absolute atomic E-state index is 11.2. The molecule has 2 aromatic rings. The molecule has 1 amide bonds. The molecule has 24 heavy (non-hydrogen) atoms. The van der Waals surface area contributed by atoms with Gasteiger partial charge in [-0.3, -0.25) is 4.79 Å². The maximum Gasteiger partial charge on any atom is 0.223 e. The van der Waals surface area contributed by atoms with Crippen LogP contribution >= 0.6 is 22.7 Å². The third-order valence-electron chi connectivity index (χ3n) is 4.27. The van der Waals surface area contributed by atoms with E-state index >= 15 is 0 Å². The molecule has 1 saturated carbocycles. The monoisotopic (exact) mass is 366 g/mol. The van der Waals surface area contributed by atoms with Gasteiger partial charge in [0, 0.05) is 30.9 Å². The Kier molecular flexibility index (Phi) is 5.47. The molecular formula is C16H22N4O2S2. The number of anilines is 2. The summed E-state index contributed by atoms with van der Waals surface area (Å²) in [7, 11) is 0. The number of thiazole rings is 2. The fraction of sp³-hybridized carbons (Fsp3) is 0.562. The molecule has 0 unspecified atom stereocenters. The summed E-state index contributed by atoms with van der Waals surface area (Å²) >= 11 is 3.01. The number of amides is 1. The number of nitrogens with one attached hydrogen (secondary N) is 2. The third kappa shape index (κ3) is 3.93. The van der Waals surface area contributed by atoms with Crippen LogP contribution in [0.5, 0.6) is 0 Å². The summed E-state index contributed by atoms with van der Waals surface area (Å²) in [4.78, 5) is 21.2. The number of aliphatic hydroxyl groups excluding tert-OH is 1. The number of aliphatic hydroxyl groups is 1. The van der Waals surface area contributed by atoms with Crippen LogP contribution in [-0.4, -0.2) is 33.6 Å². The number of aromatic nitrogens is 2. The molecule has 0 radical (unpaired) electrons. The Morgan fingerprint density at radius 2 is 2.12 bits per heavy atom. The van der Waals surface area contributed by atoms with Gasteiger partial charge in [0.15, 0.2) is 10.3 Å². The van der Waals surface area contributed by atoms with Gasteiger partial charge in [0.2, 0.25) is 5.91 Å². The predicted octanol–water partition coefficient (Wildman–Crippen LogP) is 3.50. The fourth-order valence-electron chi connectivity index (χ4n) is 3.06. The number of nitrogens with zero attached hydrogens (tertiary/aromatic N) is 2. The highest BCUT2D eigenvalue weighted by atomic mass is 32.1. The molecule has 0 spiro atoms. The van der Waals surface area contributed by atoms with Gasteiger partial charge in [0.05, 0.1) is 16.3 Å². The molecule has 3 rings (SSSR count). The standard InChI is InChI=1S/C16H22N4O2S2/c1-9-14(24-16(17-9)18-10(2)22)13-8-23-15(20-13)19-12-6-4-3-5-11(12)7-21/h8,11-12,21H,3-7H2,1-2H3,(H,19,20)(H,17,18,22)/t11-,12+/m1/s1. The largest absolute Gasteiger partial charge is 0.396 e. The molecule has 0 bridgehead atoms. The Bertz CT molecular complexity index is 713. The van der Waals surface area contributed by atoms with Crippen molar-refractivity contribution in [2.75, 3.05) is 17.2 Å². The average molecular weight is 367 g/mol. The summed E-state index contributed by atoms with van der Waals surface area (Å²) in [6.07, 6.45) is 4.53. The summed E-state index contributed by atoms with van der Waals surface area (Å²) in [5.41, 5.74) is 1.75. The minimum Gasteiger partial charge on any atom is -0.396 e. The second-order valence-electron chi connectivity index (χ2n) is 6.13. The van der Waals surface area contributed by atoms with E-state index in [2.05, 4.69) is 20.6 Å². The van der Waals surface area contributed by atoms with Crippen molar-refractivity contribution in [1.82, 2.24) is 9.97 Å². The van der Waals surface area contributed by atoms with Gasteiger partial charge in [-0.05, 0) is 19.8 Å². The maximum atomic E-state index is 11.2. The Morgan fingerprint density at radius 1 is 1.33 bits per heavy atom. The smallest absolute Gasteiger partial charge is 0.223 e. The molecule has 3 N–H and O–H groups in total. The Balaban J connectivity index is 1.73. The zero-order valence-corrected chi connectivity index (χ0v) is 15.5. The van der Waals surface area contributed by atoms with Crippen molar-refractivity contribution in [3.63, 3.8) is 0 Å². The molecule has 2 aromatic heterocycles. The van der Waals surface area contributed by atoms with E-state index in [-0.39, 0.29) is 12.5 Å². The second-order valence-corrected chi connectivity index (χ2v) is 7.99. The molecule has 2 atom stereocenters. The second kappa shape index (κ2) is 7.58. The van der Waals surface area contributed by atoms with Gasteiger partial charge >= 0.3 is 0 Å². The summed E-state index contributed by atoms with van der Waals surface area (Å²) in [6.45, 7) is 3.62. The van der Waals surface area contributed by atoms with Gasteiger partial charge < -0.3 is 15.7 Å². The lowest BCUT2D eigenvalue weighted by Crippen LogP contribution is -2.34. The van der Waals surface area contributed by atoms with Crippen LogP contribution in [0.15, 0.2) is 5.38 Å². The zero-order valence-electron chi connectivity index (χ0n) is 13.8. The van der Waals surface area contributed by atoms with E-state index in [0.29, 0.717) is 17.1 Å². The molecule has 1 aliphatic rings. The van der Waals surface area contributed by atoms with Crippen molar-refractivity contribution in [3.05, 3.63) is 11.1 Å². The zero-order chi connectivity index (χ0) is 17.1. The van der Waals surface area contributed by atoms with E-state index in [1.54, 1.807) is 11.3 Å². The lowest BCUT2D eigenvalue weighted by Gasteiger charge is -2.30. The van der Waals surface area contributed by atoms with Crippen molar-refractivity contribution in [3.8, 4) is 10.6 Å². The Morgan fingerprint density at radius 3 is 2.88 bits per heavy atom. The fourth-order valence-corrected chi connectivity index (χ4v) is 4.87. The molecule has 0 aromatic carbocycles. The molecule has 6 nitrogen and oxygen atoms in total. The van der Waals surface area contributed by atoms with Gasteiger partial charge in [-0.25, -0.2) is 9.97 Å². The van der Waals surface area contributed by atoms with Crippen molar-refractivity contribution >= 4 is 38.8 Å². The van der Waals surface area contributed by atoms with Gasteiger partial charge in [0.25, 0.3) is 0 Å². The summed E-state index contributed by atoms with van der Waals surface area (Å²) < 4.78 is 0. The van der Waals surface area contributed by atoms with E-state index in [4.69, 9.17) is 0 Å². The van der Waals surface area contributed by atoms with Gasteiger partial charge in [-0.1, -0.05) is 24.2 Å². The first kappa shape index (κ1) is 17.3. The lowest BCUT2D eigenvalue weighted by molar-refractivity contribution is -0.114. The van der Waals surface area contributed by atoms with Crippen LogP contribution in [0, 0.1) is 12.8 Å². The SMILES string of the molecule is CC(=O)Nc1nc(C)c(-c2csc(N[C@H]3CCCC[C@@H]3CO)n2)s1. The van der Waals surface area contributed by atoms with Crippen LogP contribution in [0.1, 0.15) is 38.3 Å². The van der Waals surface area contributed by atoms with E-state index < -0.39 is 0 Å². The number of carbonyl (C=O) groups is 1. The molecule has 130 valence electrons. The van der Waals surface area contributed by atoms with Crippen molar-refractivity contribution in [2.24, 2.45) is 5.92 Å². The topological polar surface area (TPSA) is 87.1 Å². The van der Waals surface area contributed by atoms with Crippen molar-refractivity contribution < 1.29 is 9.90 Å². The van der Waals surface area contributed by atoms with Gasteiger partial charge in [-0.2, -0.15) is 0 Å². The molecule has 1 aliphatic carbocycles. The molecule has 0 saturated heterocycles. The minimum atomic E-state index is -0.122. The van der Waals surface area contributed by atoms with E-state index in [9.17, 15) is 9.90 Å². The highest BCUT2D eigenvalue weighted by Gasteiger charge is 2.25. The molecule has 0 aliphatic heterocycles. The van der Waals surface area contributed by atoms with Crippen LogP contribution in [0.25, 0.3) is 10.6 Å². The number of carbonyl (C=O) groups excluding carboxylic acids is 1. The Hall–Kier alpha value is -1.51. The van der Waals surface area contributed by atoms with Crippen LogP contribution < -0.4 is 10.6 Å². The first-order valence-corrected chi connectivity index (χ1v) is 9.84. The number of aryl methyl sites for hydroxylation is 1. The first-order valence-electron chi connectivity index (χ1n) is 8.15. The van der Waals surface area contributed by atoms with Gasteiger partial charge in [0.1, 0.15) is 0 Å². The van der Waals surface area contributed by atoms with Crippen molar-refractivity contribution in [1.29, 1.82) is 0 Å².